The van der Waals surface area contributed by atoms with Crippen LogP contribution in [0.25, 0.3) is 11.0 Å². The van der Waals surface area contributed by atoms with Gasteiger partial charge in [-0.05, 0) is 31.5 Å². The van der Waals surface area contributed by atoms with Crippen LogP contribution >= 0.6 is 0 Å². The Bertz CT molecular complexity index is 687. The highest BCUT2D eigenvalue weighted by atomic mass is 16.4. The zero-order valence-electron chi connectivity index (χ0n) is 11.0. The molecule has 1 amide bonds. The quantitative estimate of drug-likeness (QED) is 0.808. The molecular weight excluding hydrogens is 256 g/mol. The predicted octanol–water partition coefficient (Wildman–Crippen LogP) is 1.27. The summed E-state index contributed by atoms with van der Waals surface area (Å²) in [5.74, 6) is -0.363. The predicted molar refractivity (Wildman–Crippen MR) is 75.8 cm³/mol. The summed E-state index contributed by atoms with van der Waals surface area (Å²) in [5, 5.41) is 6.85. The van der Waals surface area contributed by atoms with Crippen LogP contribution in [-0.4, -0.2) is 25.0 Å². The summed E-state index contributed by atoms with van der Waals surface area (Å²) >= 11 is 0. The van der Waals surface area contributed by atoms with E-state index >= 15 is 0 Å². The Hall–Kier alpha value is -2.14. The number of fused-ring (bicyclic) bond motifs is 1. The molecule has 0 bridgehead atoms. The van der Waals surface area contributed by atoms with Gasteiger partial charge >= 0.3 is 5.63 Å². The van der Waals surface area contributed by atoms with Crippen molar-refractivity contribution in [3.63, 3.8) is 0 Å². The number of carbonyl (C=O) groups is 1. The van der Waals surface area contributed by atoms with E-state index in [1.54, 1.807) is 18.2 Å². The summed E-state index contributed by atoms with van der Waals surface area (Å²) in [7, 11) is 0. The Labute approximate surface area is 116 Å². The Kier molecular flexibility index (Phi) is 3.52. The van der Waals surface area contributed by atoms with Gasteiger partial charge in [0.2, 0.25) is 0 Å². The molecule has 0 radical (unpaired) electrons. The molecular formula is C15H16N2O3. The number of piperidine rings is 1. The lowest BCUT2D eigenvalue weighted by atomic mass is 10.1. The van der Waals surface area contributed by atoms with Crippen LogP contribution < -0.4 is 16.3 Å². The Morgan fingerprint density at radius 3 is 3.00 bits per heavy atom. The summed E-state index contributed by atoms with van der Waals surface area (Å²) < 4.78 is 5.17. The van der Waals surface area contributed by atoms with Crippen molar-refractivity contribution in [2.24, 2.45) is 0 Å². The molecule has 1 saturated heterocycles. The molecule has 1 aliphatic rings. The van der Waals surface area contributed by atoms with Crippen molar-refractivity contribution in [3.05, 3.63) is 46.3 Å². The summed E-state index contributed by atoms with van der Waals surface area (Å²) in [5.41, 5.74) is -0.0346. The molecule has 1 atom stereocenters. The van der Waals surface area contributed by atoms with E-state index in [9.17, 15) is 9.59 Å². The molecule has 2 heterocycles. The zero-order valence-corrected chi connectivity index (χ0v) is 11.0. The van der Waals surface area contributed by atoms with Crippen LogP contribution in [0, 0.1) is 0 Å². The van der Waals surface area contributed by atoms with Crippen molar-refractivity contribution < 1.29 is 9.21 Å². The van der Waals surface area contributed by atoms with Gasteiger partial charge in [0.1, 0.15) is 11.1 Å². The highest BCUT2D eigenvalue weighted by Gasteiger charge is 2.19. The average molecular weight is 272 g/mol. The van der Waals surface area contributed by atoms with E-state index in [1.807, 2.05) is 12.1 Å². The molecule has 2 N–H and O–H groups in total. The number of hydrogen-bond acceptors (Lipinski definition) is 4. The summed E-state index contributed by atoms with van der Waals surface area (Å²) in [6.45, 7) is 1.72. The summed E-state index contributed by atoms with van der Waals surface area (Å²) in [4.78, 5) is 24.1. The van der Waals surface area contributed by atoms with Crippen LogP contribution in [0.2, 0.25) is 0 Å². The smallest absolute Gasteiger partial charge is 0.349 e. The molecule has 3 rings (SSSR count). The molecule has 1 fully saturated rings. The molecule has 104 valence electrons. The van der Waals surface area contributed by atoms with Gasteiger partial charge in [-0.1, -0.05) is 18.2 Å². The zero-order chi connectivity index (χ0) is 13.9. The van der Waals surface area contributed by atoms with E-state index in [2.05, 4.69) is 10.6 Å². The van der Waals surface area contributed by atoms with Gasteiger partial charge in [-0.25, -0.2) is 4.79 Å². The van der Waals surface area contributed by atoms with E-state index < -0.39 is 5.63 Å². The third-order valence-electron chi connectivity index (χ3n) is 3.52. The van der Waals surface area contributed by atoms with E-state index in [0.29, 0.717) is 5.58 Å². The van der Waals surface area contributed by atoms with Gasteiger partial charge in [0.05, 0.1) is 0 Å². The third kappa shape index (κ3) is 2.58. The first-order chi connectivity index (χ1) is 9.74. The molecule has 2 aromatic rings. The fraction of sp³-hybridized carbons (Fsp3) is 0.333. The molecule has 1 aromatic carbocycles. The number of amides is 1. The van der Waals surface area contributed by atoms with E-state index in [-0.39, 0.29) is 17.5 Å². The Morgan fingerprint density at radius 2 is 2.20 bits per heavy atom. The Morgan fingerprint density at radius 1 is 1.35 bits per heavy atom. The van der Waals surface area contributed by atoms with Crippen LogP contribution in [-0.2, 0) is 0 Å². The lowest BCUT2D eigenvalue weighted by Gasteiger charge is -2.23. The van der Waals surface area contributed by atoms with Crippen molar-refractivity contribution in [2.45, 2.75) is 18.9 Å². The molecule has 5 heteroatoms. The van der Waals surface area contributed by atoms with Crippen molar-refractivity contribution in [2.75, 3.05) is 13.1 Å². The normalized spacial score (nSPS) is 18.9. The van der Waals surface area contributed by atoms with E-state index in [0.717, 1.165) is 31.3 Å². The van der Waals surface area contributed by atoms with Gasteiger partial charge < -0.3 is 15.1 Å². The van der Waals surface area contributed by atoms with E-state index in [1.165, 1.54) is 0 Å². The fourth-order valence-electron chi connectivity index (χ4n) is 2.46. The van der Waals surface area contributed by atoms with Gasteiger partial charge in [-0.15, -0.1) is 0 Å². The van der Waals surface area contributed by atoms with Crippen molar-refractivity contribution in [1.82, 2.24) is 10.6 Å². The minimum Gasteiger partial charge on any atom is -0.422 e. The minimum atomic E-state index is -0.593. The monoisotopic (exact) mass is 272 g/mol. The average Bonchev–Trinajstić information content (AvgIpc) is 2.47. The molecule has 0 aliphatic carbocycles. The maximum absolute atomic E-state index is 12.2. The van der Waals surface area contributed by atoms with Crippen molar-refractivity contribution in [3.8, 4) is 0 Å². The van der Waals surface area contributed by atoms with Crippen LogP contribution in [0.1, 0.15) is 23.2 Å². The second-order valence-electron chi connectivity index (χ2n) is 5.00. The van der Waals surface area contributed by atoms with Gasteiger partial charge in [-0.2, -0.15) is 0 Å². The first-order valence-electron chi connectivity index (χ1n) is 6.78. The highest BCUT2D eigenvalue weighted by molar-refractivity contribution is 5.96. The first kappa shape index (κ1) is 12.9. The number of para-hydroxylation sites is 1. The lowest BCUT2D eigenvalue weighted by molar-refractivity contribution is 0.0927. The number of hydrogen-bond donors (Lipinski definition) is 2. The van der Waals surface area contributed by atoms with Gasteiger partial charge in [0.15, 0.2) is 0 Å². The molecule has 5 nitrogen and oxygen atoms in total. The highest BCUT2D eigenvalue weighted by Crippen LogP contribution is 2.13. The van der Waals surface area contributed by atoms with E-state index in [4.69, 9.17) is 4.42 Å². The third-order valence-corrected chi connectivity index (χ3v) is 3.52. The molecule has 0 spiro atoms. The summed E-state index contributed by atoms with van der Waals surface area (Å²) in [6.07, 6.45) is 1.95. The van der Waals surface area contributed by atoms with Crippen molar-refractivity contribution >= 4 is 16.9 Å². The van der Waals surface area contributed by atoms with Gasteiger partial charge in [0, 0.05) is 18.0 Å². The molecule has 20 heavy (non-hydrogen) atoms. The molecule has 1 aromatic heterocycles. The van der Waals surface area contributed by atoms with Gasteiger partial charge in [-0.3, -0.25) is 4.79 Å². The topological polar surface area (TPSA) is 71.3 Å². The second kappa shape index (κ2) is 5.46. The van der Waals surface area contributed by atoms with Crippen LogP contribution in [0.3, 0.4) is 0 Å². The number of carbonyl (C=O) groups excluding carboxylic acids is 1. The van der Waals surface area contributed by atoms with Crippen LogP contribution in [0.4, 0.5) is 0 Å². The lowest BCUT2D eigenvalue weighted by Crippen LogP contribution is -2.46. The standard InChI is InChI=1S/C15H16N2O3/c18-14(17-11-5-3-7-16-9-11)12-8-10-4-1-2-6-13(10)20-15(12)19/h1-2,4,6,8,11,16H,3,5,7,9H2,(H,17,18)/t11-/m0/s1. The van der Waals surface area contributed by atoms with Crippen LogP contribution in [0.5, 0.6) is 0 Å². The maximum atomic E-state index is 12.2. The Balaban J connectivity index is 1.87. The second-order valence-corrected chi connectivity index (χ2v) is 5.00. The maximum Gasteiger partial charge on any atom is 0.349 e. The largest absolute Gasteiger partial charge is 0.422 e. The van der Waals surface area contributed by atoms with Crippen LogP contribution in [0.15, 0.2) is 39.5 Å². The molecule has 1 aliphatic heterocycles. The van der Waals surface area contributed by atoms with Gasteiger partial charge in [0.25, 0.3) is 5.91 Å². The number of nitrogens with one attached hydrogen (secondary N) is 2. The molecule has 0 unspecified atom stereocenters. The van der Waals surface area contributed by atoms with Crippen molar-refractivity contribution in [1.29, 1.82) is 0 Å². The minimum absolute atomic E-state index is 0.0641. The fourth-order valence-corrected chi connectivity index (χ4v) is 2.46. The molecule has 0 saturated carbocycles. The number of rotatable bonds is 2. The summed E-state index contributed by atoms with van der Waals surface area (Å²) in [6, 6.07) is 8.82. The number of benzene rings is 1. The SMILES string of the molecule is O=C(N[C@H]1CCCNC1)c1cc2ccccc2oc1=O. The first-order valence-corrected chi connectivity index (χ1v) is 6.78.